The van der Waals surface area contributed by atoms with Gasteiger partial charge in [-0.3, -0.25) is 14.5 Å². The van der Waals surface area contributed by atoms with Gasteiger partial charge in [0.15, 0.2) is 11.5 Å². The highest BCUT2D eigenvalue weighted by molar-refractivity contribution is 6.36. The van der Waals surface area contributed by atoms with Crippen molar-refractivity contribution in [2.45, 2.75) is 20.3 Å². The Morgan fingerprint density at radius 3 is 2.29 bits per heavy atom. The molecule has 0 radical (unpaired) electrons. The zero-order valence-corrected chi connectivity index (χ0v) is 18.6. The van der Waals surface area contributed by atoms with E-state index in [1.165, 1.54) is 4.90 Å². The maximum atomic E-state index is 13.3. The molecule has 2 aromatic rings. The summed E-state index contributed by atoms with van der Waals surface area (Å²) in [6.45, 7) is 4.69. The number of amides is 2. The standard InChI is InChI=1S/C24H28N2O5/c1-15-7-9-18(16(2)13-15)21-22(24(28)26(23(21)27)11-6-12-29-3)25-17-8-10-19(30-4)20(14-17)31-5/h7-10,13-14,25H,6,11-12H2,1-5H3. The summed E-state index contributed by atoms with van der Waals surface area (Å²) in [5.41, 5.74) is 4.00. The van der Waals surface area contributed by atoms with Crippen molar-refractivity contribution in [3.8, 4) is 11.5 Å². The minimum Gasteiger partial charge on any atom is -0.493 e. The molecule has 2 amide bonds. The first-order chi connectivity index (χ1) is 14.9. The van der Waals surface area contributed by atoms with Crippen LogP contribution in [0.25, 0.3) is 5.57 Å². The fourth-order valence-corrected chi connectivity index (χ4v) is 3.66. The van der Waals surface area contributed by atoms with Crippen LogP contribution in [0.5, 0.6) is 11.5 Å². The molecule has 0 unspecified atom stereocenters. The number of carbonyl (C=O) groups is 2. The Kier molecular flexibility index (Phi) is 6.97. The van der Waals surface area contributed by atoms with E-state index in [4.69, 9.17) is 14.2 Å². The summed E-state index contributed by atoms with van der Waals surface area (Å²) in [5.74, 6) is 0.434. The highest BCUT2D eigenvalue weighted by Crippen LogP contribution is 2.35. The van der Waals surface area contributed by atoms with Gasteiger partial charge in [0.05, 0.1) is 19.8 Å². The van der Waals surface area contributed by atoms with Crippen LogP contribution in [0.4, 0.5) is 5.69 Å². The van der Waals surface area contributed by atoms with E-state index in [2.05, 4.69) is 5.32 Å². The number of methoxy groups -OCH3 is 3. The highest BCUT2D eigenvalue weighted by atomic mass is 16.5. The van der Waals surface area contributed by atoms with E-state index >= 15 is 0 Å². The third-order valence-electron chi connectivity index (χ3n) is 5.20. The summed E-state index contributed by atoms with van der Waals surface area (Å²) in [4.78, 5) is 27.8. The molecular formula is C24H28N2O5. The van der Waals surface area contributed by atoms with Crippen molar-refractivity contribution >= 4 is 23.1 Å². The first-order valence-corrected chi connectivity index (χ1v) is 10.1. The van der Waals surface area contributed by atoms with Crippen LogP contribution in [-0.4, -0.2) is 51.2 Å². The number of ether oxygens (including phenoxy) is 3. The second kappa shape index (κ2) is 9.66. The Labute approximate surface area is 182 Å². The summed E-state index contributed by atoms with van der Waals surface area (Å²) in [6, 6.07) is 11.1. The van der Waals surface area contributed by atoms with Gasteiger partial charge < -0.3 is 19.5 Å². The molecule has 1 aliphatic rings. The average molecular weight is 424 g/mol. The molecule has 0 aliphatic carbocycles. The van der Waals surface area contributed by atoms with Gasteiger partial charge in [0.1, 0.15) is 5.70 Å². The quantitative estimate of drug-likeness (QED) is 0.490. The largest absolute Gasteiger partial charge is 0.493 e. The maximum Gasteiger partial charge on any atom is 0.278 e. The van der Waals surface area contributed by atoms with Gasteiger partial charge in [-0.05, 0) is 43.5 Å². The van der Waals surface area contributed by atoms with Crippen LogP contribution in [0.2, 0.25) is 0 Å². The Morgan fingerprint density at radius 1 is 0.903 bits per heavy atom. The fourth-order valence-electron chi connectivity index (χ4n) is 3.66. The predicted molar refractivity (Wildman–Crippen MR) is 119 cm³/mol. The molecule has 0 atom stereocenters. The van der Waals surface area contributed by atoms with Crippen LogP contribution in [0.1, 0.15) is 23.1 Å². The van der Waals surface area contributed by atoms with E-state index in [-0.39, 0.29) is 24.1 Å². The molecule has 0 spiro atoms. The molecule has 0 aromatic heterocycles. The predicted octanol–water partition coefficient (Wildman–Crippen LogP) is 3.55. The second-order valence-corrected chi connectivity index (χ2v) is 7.37. The first kappa shape index (κ1) is 22.4. The van der Waals surface area contributed by atoms with Crippen molar-refractivity contribution in [3.05, 3.63) is 58.8 Å². The molecule has 7 nitrogen and oxygen atoms in total. The SMILES string of the molecule is COCCCN1C(=O)C(Nc2ccc(OC)c(OC)c2)=C(c2ccc(C)cc2C)C1=O. The lowest BCUT2D eigenvalue weighted by Gasteiger charge is -2.15. The van der Waals surface area contributed by atoms with Gasteiger partial charge in [-0.25, -0.2) is 0 Å². The van der Waals surface area contributed by atoms with Crippen molar-refractivity contribution in [1.29, 1.82) is 0 Å². The van der Waals surface area contributed by atoms with Crippen molar-refractivity contribution < 1.29 is 23.8 Å². The number of anilines is 1. The van der Waals surface area contributed by atoms with E-state index in [1.54, 1.807) is 39.5 Å². The molecule has 31 heavy (non-hydrogen) atoms. The van der Waals surface area contributed by atoms with E-state index in [0.29, 0.717) is 35.8 Å². The molecule has 0 saturated heterocycles. The molecular weight excluding hydrogens is 396 g/mol. The molecule has 2 aromatic carbocycles. The van der Waals surface area contributed by atoms with Gasteiger partial charge in [-0.15, -0.1) is 0 Å². The Bertz CT molecular complexity index is 1030. The van der Waals surface area contributed by atoms with Crippen LogP contribution in [0.3, 0.4) is 0 Å². The average Bonchev–Trinajstić information content (AvgIpc) is 2.98. The lowest BCUT2D eigenvalue weighted by atomic mass is 9.97. The number of imide groups is 1. The number of nitrogens with zero attached hydrogens (tertiary/aromatic N) is 1. The Hall–Kier alpha value is -3.32. The number of carbonyl (C=O) groups excluding carboxylic acids is 2. The lowest BCUT2D eigenvalue weighted by molar-refractivity contribution is -0.137. The van der Waals surface area contributed by atoms with Gasteiger partial charge >= 0.3 is 0 Å². The van der Waals surface area contributed by atoms with Gasteiger partial charge in [0, 0.05) is 32.0 Å². The maximum absolute atomic E-state index is 13.3. The van der Waals surface area contributed by atoms with E-state index in [9.17, 15) is 9.59 Å². The third-order valence-corrected chi connectivity index (χ3v) is 5.20. The van der Waals surface area contributed by atoms with E-state index < -0.39 is 0 Å². The summed E-state index contributed by atoms with van der Waals surface area (Å²) >= 11 is 0. The van der Waals surface area contributed by atoms with Crippen LogP contribution >= 0.6 is 0 Å². The van der Waals surface area contributed by atoms with Crippen LogP contribution in [-0.2, 0) is 14.3 Å². The zero-order valence-electron chi connectivity index (χ0n) is 18.6. The first-order valence-electron chi connectivity index (χ1n) is 10.1. The Morgan fingerprint density at radius 2 is 1.65 bits per heavy atom. The number of hydrogen-bond donors (Lipinski definition) is 1. The third kappa shape index (κ3) is 4.56. The number of rotatable bonds is 9. The Balaban J connectivity index is 2.05. The van der Waals surface area contributed by atoms with Gasteiger partial charge in [0.25, 0.3) is 11.8 Å². The summed E-state index contributed by atoms with van der Waals surface area (Å²) < 4.78 is 15.7. The summed E-state index contributed by atoms with van der Waals surface area (Å²) in [7, 11) is 4.70. The smallest absolute Gasteiger partial charge is 0.278 e. The number of benzene rings is 2. The number of nitrogens with one attached hydrogen (secondary N) is 1. The second-order valence-electron chi connectivity index (χ2n) is 7.37. The van der Waals surface area contributed by atoms with Gasteiger partial charge in [0.2, 0.25) is 0 Å². The topological polar surface area (TPSA) is 77.1 Å². The van der Waals surface area contributed by atoms with Crippen LogP contribution < -0.4 is 14.8 Å². The van der Waals surface area contributed by atoms with Gasteiger partial charge in [-0.2, -0.15) is 0 Å². The monoisotopic (exact) mass is 424 g/mol. The molecule has 0 saturated carbocycles. The molecule has 1 N–H and O–H groups in total. The molecule has 7 heteroatoms. The molecule has 0 bridgehead atoms. The zero-order chi connectivity index (χ0) is 22.5. The summed E-state index contributed by atoms with van der Waals surface area (Å²) in [6.07, 6.45) is 0.567. The van der Waals surface area contributed by atoms with E-state index in [1.807, 2.05) is 32.0 Å². The molecule has 0 fully saturated rings. The van der Waals surface area contributed by atoms with Crippen LogP contribution in [0.15, 0.2) is 42.1 Å². The van der Waals surface area contributed by atoms with Crippen LogP contribution in [0, 0.1) is 13.8 Å². The normalized spacial score (nSPS) is 13.8. The van der Waals surface area contributed by atoms with Crippen molar-refractivity contribution in [2.24, 2.45) is 0 Å². The van der Waals surface area contributed by atoms with Crippen molar-refractivity contribution in [2.75, 3.05) is 39.8 Å². The molecule has 1 aliphatic heterocycles. The minimum absolute atomic E-state index is 0.251. The highest BCUT2D eigenvalue weighted by Gasteiger charge is 2.39. The summed E-state index contributed by atoms with van der Waals surface area (Å²) in [5, 5.41) is 3.16. The van der Waals surface area contributed by atoms with E-state index in [0.717, 1.165) is 16.7 Å². The lowest BCUT2D eigenvalue weighted by Crippen LogP contribution is -2.34. The fraction of sp³-hybridized carbons (Fsp3) is 0.333. The molecule has 3 rings (SSSR count). The molecule has 164 valence electrons. The molecule has 1 heterocycles. The number of hydrogen-bond acceptors (Lipinski definition) is 6. The van der Waals surface area contributed by atoms with Gasteiger partial charge in [-0.1, -0.05) is 23.8 Å². The van der Waals surface area contributed by atoms with Crippen molar-refractivity contribution in [1.82, 2.24) is 4.90 Å². The number of aryl methyl sites for hydroxylation is 2. The minimum atomic E-state index is -0.356. The van der Waals surface area contributed by atoms with Crippen molar-refractivity contribution in [3.63, 3.8) is 0 Å².